The fourth-order valence-corrected chi connectivity index (χ4v) is 2.21. The molecule has 1 rings (SSSR count). The van der Waals surface area contributed by atoms with Crippen LogP contribution in [0.15, 0.2) is 30.3 Å². The fraction of sp³-hybridized carbons (Fsp3) is 0.455. The molecular formula is C11H14F3NOS. The Bertz CT molecular complexity index is 367. The van der Waals surface area contributed by atoms with Crippen LogP contribution < -0.4 is 5.32 Å². The SMILES string of the molecule is CS(=O)CC(NCC(F)(F)F)c1ccccc1. The smallest absolute Gasteiger partial charge is 0.301 e. The minimum atomic E-state index is -4.26. The van der Waals surface area contributed by atoms with Gasteiger partial charge in [-0.2, -0.15) is 13.2 Å². The lowest BCUT2D eigenvalue weighted by Crippen LogP contribution is -2.34. The van der Waals surface area contributed by atoms with E-state index in [1.807, 2.05) is 0 Å². The van der Waals surface area contributed by atoms with Crippen LogP contribution in [-0.4, -0.2) is 28.9 Å². The normalized spacial score (nSPS) is 15.5. The summed E-state index contributed by atoms with van der Waals surface area (Å²) in [4.78, 5) is 0. The van der Waals surface area contributed by atoms with Gasteiger partial charge in [0.2, 0.25) is 0 Å². The molecule has 0 saturated carbocycles. The largest absolute Gasteiger partial charge is 0.401 e. The quantitative estimate of drug-likeness (QED) is 0.884. The summed E-state index contributed by atoms with van der Waals surface area (Å²) >= 11 is 0. The van der Waals surface area contributed by atoms with E-state index in [1.54, 1.807) is 30.3 Å². The van der Waals surface area contributed by atoms with Crippen LogP contribution >= 0.6 is 0 Å². The Hall–Kier alpha value is -0.880. The van der Waals surface area contributed by atoms with Gasteiger partial charge < -0.3 is 5.32 Å². The molecule has 2 unspecified atom stereocenters. The van der Waals surface area contributed by atoms with E-state index >= 15 is 0 Å². The summed E-state index contributed by atoms with van der Waals surface area (Å²) in [6.45, 7) is -1.08. The summed E-state index contributed by atoms with van der Waals surface area (Å²) in [5, 5.41) is 2.39. The van der Waals surface area contributed by atoms with Crippen molar-refractivity contribution in [1.82, 2.24) is 5.32 Å². The van der Waals surface area contributed by atoms with Gasteiger partial charge in [0, 0.05) is 28.9 Å². The summed E-state index contributed by atoms with van der Waals surface area (Å²) in [6.07, 6.45) is -2.78. The van der Waals surface area contributed by atoms with Crippen molar-refractivity contribution in [3.05, 3.63) is 35.9 Å². The van der Waals surface area contributed by atoms with Crippen molar-refractivity contribution in [1.29, 1.82) is 0 Å². The molecule has 6 heteroatoms. The third-order valence-corrected chi connectivity index (χ3v) is 2.95. The first kappa shape index (κ1) is 14.2. The molecule has 0 radical (unpaired) electrons. The van der Waals surface area contributed by atoms with Gasteiger partial charge in [-0.25, -0.2) is 0 Å². The second-order valence-electron chi connectivity index (χ2n) is 3.70. The molecule has 1 aromatic carbocycles. The monoisotopic (exact) mass is 265 g/mol. The minimum Gasteiger partial charge on any atom is -0.301 e. The maximum absolute atomic E-state index is 12.1. The Morgan fingerprint density at radius 2 is 1.88 bits per heavy atom. The van der Waals surface area contributed by atoms with Crippen molar-refractivity contribution in [2.75, 3.05) is 18.6 Å². The second kappa shape index (κ2) is 6.16. The first-order valence-electron chi connectivity index (χ1n) is 5.03. The molecule has 0 fully saturated rings. The van der Waals surface area contributed by atoms with E-state index < -0.39 is 29.6 Å². The van der Waals surface area contributed by atoms with Gasteiger partial charge in [-0.1, -0.05) is 30.3 Å². The van der Waals surface area contributed by atoms with Gasteiger partial charge in [-0.15, -0.1) is 0 Å². The third-order valence-electron chi connectivity index (χ3n) is 2.15. The van der Waals surface area contributed by atoms with Gasteiger partial charge in [-0.05, 0) is 5.56 Å². The highest BCUT2D eigenvalue weighted by molar-refractivity contribution is 7.84. The Morgan fingerprint density at radius 3 is 2.35 bits per heavy atom. The summed E-state index contributed by atoms with van der Waals surface area (Å²) in [6, 6.07) is 8.19. The fourth-order valence-electron chi connectivity index (χ4n) is 1.43. The first-order chi connectivity index (χ1) is 7.88. The topological polar surface area (TPSA) is 29.1 Å². The Morgan fingerprint density at radius 1 is 1.29 bits per heavy atom. The molecule has 0 aliphatic carbocycles. The van der Waals surface area contributed by atoms with Crippen LogP contribution in [0.25, 0.3) is 0 Å². The van der Waals surface area contributed by atoms with E-state index in [-0.39, 0.29) is 5.75 Å². The van der Waals surface area contributed by atoms with E-state index in [2.05, 4.69) is 5.32 Å². The number of rotatable bonds is 5. The number of hydrogen-bond acceptors (Lipinski definition) is 2. The molecule has 0 bridgehead atoms. The van der Waals surface area contributed by atoms with Crippen LogP contribution in [0.2, 0.25) is 0 Å². The van der Waals surface area contributed by atoms with Crippen LogP contribution in [0.1, 0.15) is 11.6 Å². The molecule has 17 heavy (non-hydrogen) atoms. The molecule has 2 nitrogen and oxygen atoms in total. The van der Waals surface area contributed by atoms with Crippen molar-refractivity contribution < 1.29 is 17.4 Å². The first-order valence-corrected chi connectivity index (χ1v) is 6.76. The van der Waals surface area contributed by atoms with Crippen LogP contribution in [0.4, 0.5) is 13.2 Å². The van der Waals surface area contributed by atoms with E-state index in [0.29, 0.717) is 5.56 Å². The molecule has 0 heterocycles. The summed E-state index contributed by atoms with van der Waals surface area (Å²) < 4.78 is 47.5. The zero-order valence-electron chi connectivity index (χ0n) is 9.33. The lowest BCUT2D eigenvalue weighted by molar-refractivity contribution is -0.126. The van der Waals surface area contributed by atoms with Crippen LogP contribution in [0, 0.1) is 0 Å². The highest BCUT2D eigenvalue weighted by atomic mass is 32.2. The molecule has 0 spiro atoms. The van der Waals surface area contributed by atoms with Gasteiger partial charge in [0.25, 0.3) is 0 Å². The van der Waals surface area contributed by atoms with Crippen molar-refractivity contribution in [2.45, 2.75) is 12.2 Å². The Labute approximate surface area is 101 Å². The Kier molecular flexibility index (Phi) is 5.14. The van der Waals surface area contributed by atoms with Crippen molar-refractivity contribution in [3.8, 4) is 0 Å². The van der Waals surface area contributed by atoms with E-state index in [1.165, 1.54) is 6.26 Å². The zero-order chi connectivity index (χ0) is 12.9. The summed E-state index contributed by atoms with van der Waals surface area (Å²) in [5.41, 5.74) is 0.715. The lowest BCUT2D eigenvalue weighted by atomic mass is 10.1. The lowest BCUT2D eigenvalue weighted by Gasteiger charge is -2.19. The van der Waals surface area contributed by atoms with Gasteiger partial charge >= 0.3 is 6.18 Å². The van der Waals surface area contributed by atoms with Crippen LogP contribution in [0.5, 0.6) is 0 Å². The predicted octanol–water partition coefficient (Wildman–Crippen LogP) is 2.26. The van der Waals surface area contributed by atoms with Crippen molar-refractivity contribution in [2.24, 2.45) is 0 Å². The molecule has 0 aliphatic rings. The molecule has 1 aromatic rings. The maximum Gasteiger partial charge on any atom is 0.401 e. The van der Waals surface area contributed by atoms with E-state index in [9.17, 15) is 17.4 Å². The molecule has 1 N–H and O–H groups in total. The van der Waals surface area contributed by atoms with Crippen LogP contribution in [0.3, 0.4) is 0 Å². The third kappa shape index (κ3) is 5.83. The molecule has 96 valence electrons. The molecule has 0 aromatic heterocycles. The molecule has 0 aliphatic heterocycles. The molecule has 2 atom stereocenters. The summed E-state index contributed by atoms with van der Waals surface area (Å²) in [5.74, 6) is 0.167. The highest BCUT2D eigenvalue weighted by Gasteiger charge is 2.28. The van der Waals surface area contributed by atoms with Gasteiger partial charge in [0.15, 0.2) is 0 Å². The van der Waals surface area contributed by atoms with Crippen LogP contribution in [-0.2, 0) is 10.8 Å². The standard InChI is InChI=1S/C11H14F3NOS/c1-17(16)7-10(15-8-11(12,13)14)9-5-3-2-4-6-9/h2-6,10,15H,7-8H2,1H3. The van der Waals surface area contributed by atoms with Crippen molar-refractivity contribution in [3.63, 3.8) is 0 Å². The number of nitrogens with one attached hydrogen (secondary N) is 1. The van der Waals surface area contributed by atoms with Gasteiger partial charge in [-0.3, -0.25) is 4.21 Å². The number of alkyl halides is 3. The van der Waals surface area contributed by atoms with Crippen molar-refractivity contribution >= 4 is 10.8 Å². The minimum absolute atomic E-state index is 0.167. The van der Waals surface area contributed by atoms with Gasteiger partial charge in [0.1, 0.15) is 0 Å². The van der Waals surface area contributed by atoms with E-state index in [4.69, 9.17) is 0 Å². The average Bonchev–Trinajstić information content (AvgIpc) is 2.24. The molecule has 0 amide bonds. The van der Waals surface area contributed by atoms with Gasteiger partial charge in [0.05, 0.1) is 6.54 Å². The maximum atomic E-state index is 12.1. The molecular weight excluding hydrogens is 251 g/mol. The Balaban J connectivity index is 2.71. The molecule has 0 saturated heterocycles. The van der Waals surface area contributed by atoms with E-state index in [0.717, 1.165) is 0 Å². The predicted molar refractivity (Wildman–Crippen MR) is 62.2 cm³/mol. The second-order valence-corrected chi connectivity index (χ2v) is 5.18. The number of halogens is 3. The number of hydrogen-bond donors (Lipinski definition) is 1. The average molecular weight is 265 g/mol. The highest BCUT2D eigenvalue weighted by Crippen LogP contribution is 2.18. The summed E-state index contributed by atoms with van der Waals surface area (Å²) in [7, 11) is -1.15. The number of benzene rings is 1. The zero-order valence-corrected chi connectivity index (χ0v) is 10.1.